The minimum Gasteiger partial charge on any atom is -0.270 e. The van der Waals surface area contributed by atoms with Crippen molar-refractivity contribution in [3.8, 4) is 0 Å². The van der Waals surface area contributed by atoms with Crippen LogP contribution in [0.5, 0.6) is 0 Å². The topological polar surface area (TPSA) is 37.4 Å². The normalized spacial score (nSPS) is 13.8. The van der Waals surface area contributed by atoms with Crippen LogP contribution in [0, 0.1) is 5.82 Å². The van der Waals surface area contributed by atoms with Crippen LogP contribution in [0.2, 0.25) is 5.02 Å². The van der Waals surface area contributed by atoms with Gasteiger partial charge in [-0.15, -0.1) is 0 Å². The lowest BCUT2D eigenvalue weighted by Crippen LogP contribution is -2.29. The molecule has 5 heteroatoms. The SMILES string of the molecule is O=C1c2ccccc2C(=O)N1Cc1ccc(Cl)c(F)c1. The van der Waals surface area contributed by atoms with Gasteiger partial charge in [0, 0.05) is 0 Å². The van der Waals surface area contributed by atoms with Crippen molar-refractivity contribution in [3.63, 3.8) is 0 Å². The molecule has 0 bridgehead atoms. The van der Waals surface area contributed by atoms with E-state index in [-0.39, 0.29) is 23.4 Å². The Morgan fingerprint density at radius 3 is 2.15 bits per heavy atom. The zero-order valence-corrected chi connectivity index (χ0v) is 11.0. The van der Waals surface area contributed by atoms with E-state index in [9.17, 15) is 14.0 Å². The highest BCUT2D eigenvalue weighted by molar-refractivity contribution is 6.30. The fourth-order valence-corrected chi connectivity index (χ4v) is 2.32. The number of carbonyl (C=O) groups excluding carboxylic acids is 2. The second-order valence-corrected chi connectivity index (χ2v) is 4.90. The molecule has 2 aromatic rings. The van der Waals surface area contributed by atoms with Crippen LogP contribution in [0.1, 0.15) is 26.3 Å². The first-order valence-electron chi connectivity index (χ1n) is 5.97. The highest BCUT2D eigenvalue weighted by Crippen LogP contribution is 2.25. The van der Waals surface area contributed by atoms with Crippen LogP contribution in [0.3, 0.4) is 0 Å². The lowest BCUT2D eigenvalue weighted by atomic mass is 10.1. The maximum Gasteiger partial charge on any atom is 0.261 e. The minimum absolute atomic E-state index is 0.0103. The summed E-state index contributed by atoms with van der Waals surface area (Å²) in [5, 5.41) is 0.0103. The summed E-state index contributed by atoms with van der Waals surface area (Å²) in [6.07, 6.45) is 0. The Bertz CT molecular complexity index is 695. The number of halogens is 2. The second kappa shape index (κ2) is 4.72. The standard InChI is InChI=1S/C15H9ClFNO2/c16-12-6-5-9(7-13(12)17)8-18-14(19)10-3-1-2-4-11(10)15(18)20/h1-7H,8H2. The first-order valence-corrected chi connectivity index (χ1v) is 6.35. The summed E-state index contributed by atoms with van der Waals surface area (Å²) in [6.45, 7) is 0.0282. The van der Waals surface area contributed by atoms with E-state index in [1.807, 2.05) is 0 Å². The molecule has 3 nitrogen and oxygen atoms in total. The maximum atomic E-state index is 13.4. The van der Waals surface area contributed by atoms with Crippen LogP contribution in [0.25, 0.3) is 0 Å². The lowest BCUT2D eigenvalue weighted by molar-refractivity contribution is 0.0642. The average Bonchev–Trinajstić information content (AvgIpc) is 2.69. The van der Waals surface area contributed by atoms with Crippen molar-refractivity contribution in [2.75, 3.05) is 0 Å². The molecule has 100 valence electrons. The van der Waals surface area contributed by atoms with Gasteiger partial charge in [0.1, 0.15) is 5.82 Å². The molecule has 0 aliphatic carbocycles. The molecule has 0 aromatic heterocycles. The quantitative estimate of drug-likeness (QED) is 0.796. The summed E-state index contributed by atoms with van der Waals surface area (Å²) in [5.74, 6) is -1.29. The van der Waals surface area contributed by atoms with Crippen LogP contribution in [-0.4, -0.2) is 16.7 Å². The largest absolute Gasteiger partial charge is 0.270 e. The summed E-state index contributed by atoms with van der Waals surface area (Å²) < 4.78 is 13.4. The molecular weight excluding hydrogens is 281 g/mol. The number of carbonyl (C=O) groups is 2. The predicted octanol–water partition coefficient (Wildman–Crippen LogP) is 3.28. The molecular formula is C15H9ClFNO2. The number of hydrogen-bond donors (Lipinski definition) is 0. The molecule has 0 saturated carbocycles. The van der Waals surface area contributed by atoms with Gasteiger partial charge in [0.15, 0.2) is 0 Å². The summed E-state index contributed by atoms with van der Waals surface area (Å²) in [4.78, 5) is 25.4. The van der Waals surface area contributed by atoms with Crippen LogP contribution in [0.4, 0.5) is 4.39 Å². The summed E-state index contributed by atoms with van der Waals surface area (Å²) >= 11 is 5.61. The van der Waals surface area contributed by atoms with E-state index in [2.05, 4.69) is 0 Å². The summed E-state index contributed by atoms with van der Waals surface area (Å²) in [5.41, 5.74) is 1.28. The van der Waals surface area contributed by atoms with Crippen molar-refractivity contribution in [1.82, 2.24) is 4.90 Å². The third-order valence-electron chi connectivity index (χ3n) is 3.20. The Labute approximate surface area is 119 Å². The lowest BCUT2D eigenvalue weighted by Gasteiger charge is -2.14. The molecule has 0 fully saturated rings. The zero-order chi connectivity index (χ0) is 14.3. The molecule has 0 radical (unpaired) electrons. The fourth-order valence-electron chi connectivity index (χ4n) is 2.20. The number of rotatable bonds is 2. The van der Waals surface area contributed by atoms with Gasteiger partial charge >= 0.3 is 0 Å². The van der Waals surface area contributed by atoms with E-state index < -0.39 is 5.82 Å². The van der Waals surface area contributed by atoms with Crippen molar-refractivity contribution < 1.29 is 14.0 Å². The molecule has 2 amide bonds. The van der Waals surface area contributed by atoms with Crippen molar-refractivity contribution in [1.29, 1.82) is 0 Å². The van der Waals surface area contributed by atoms with Crippen molar-refractivity contribution in [2.45, 2.75) is 6.54 Å². The molecule has 1 aliphatic rings. The summed E-state index contributed by atoms with van der Waals surface area (Å²) in [7, 11) is 0. The molecule has 0 N–H and O–H groups in total. The van der Waals surface area contributed by atoms with Gasteiger partial charge in [-0.2, -0.15) is 0 Å². The van der Waals surface area contributed by atoms with Crippen LogP contribution in [-0.2, 0) is 6.54 Å². The van der Waals surface area contributed by atoms with E-state index in [0.29, 0.717) is 16.7 Å². The Morgan fingerprint density at radius 1 is 1.00 bits per heavy atom. The van der Waals surface area contributed by atoms with Gasteiger partial charge in [-0.3, -0.25) is 14.5 Å². The maximum absolute atomic E-state index is 13.4. The van der Waals surface area contributed by atoms with Crippen molar-refractivity contribution >= 4 is 23.4 Å². The molecule has 0 unspecified atom stereocenters. The molecule has 20 heavy (non-hydrogen) atoms. The van der Waals surface area contributed by atoms with Gasteiger partial charge in [-0.25, -0.2) is 4.39 Å². The van der Waals surface area contributed by atoms with Gasteiger partial charge < -0.3 is 0 Å². The Morgan fingerprint density at radius 2 is 1.60 bits per heavy atom. The molecule has 3 rings (SSSR count). The number of nitrogens with zero attached hydrogens (tertiary/aromatic N) is 1. The molecule has 1 heterocycles. The number of imide groups is 1. The fraction of sp³-hybridized carbons (Fsp3) is 0.0667. The number of hydrogen-bond acceptors (Lipinski definition) is 2. The molecule has 0 spiro atoms. The molecule has 0 saturated heterocycles. The first-order chi connectivity index (χ1) is 9.58. The van der Waals surface area contributed by atoms with E-state index in [4.69, 9.17) is 11.6 Å². The molecule has 1 aliphatic heterocycles. The number of fused-ring (bicyclic) bond motifs is 1. The van der Waals surface area contributed by atoms with Gasteiger partial charge in [0.05, 0.1) is 22.7 Å². The van der Waals surface area contributed by atoms with Gasteiger partial charge in [0.2, 0.25) is 0 Å². The third-order valence-corrected chi connectivity index (χ3v) is 3.51. The van der Waals surface area contributed by atoms with Crippen LogP contribution in [0.15, 0.2) is 42.5 Å². The van der Waals surface area contributed by atoms with Crippen LogP contribution >= 0.6 is 11.6 Å². The summed E-state index contributed by atoms with van der Waals surface area (Å²) in [6, 6.07) is 10.9. The number of benzene rings is 2. The van der Waals surface area contributed by atoms with E-state index in [1.54, 1.807) is 30.3 Å². The smallest absolute Gasteiger partial charge is 0.261 e. The highest BCUT2D eigenvalue weighted by atomic mass is 35.5. The predicted molar refractivity (Wildman–Crippen MR) is 72.1 cm³/mol. The Balaban J connectivity index is 1.91. The monoisotopic (exact) mass is 289 g/mol. The Kier molecular flexibility index (Phi) is 3.03. The average molecular weight is 290 g/mol. The molecule has 0 atom stereocenters. The zero-order valence-electron chi connectivity index (χ0n) is 10.3. The van der Waals surface area contributed by atoms with Gasteiger partial charge in [0.25, 0.3) is 11.8 Å². The van der Waals surface area contributed by atoms with Gasteiger partial charge in [-0.1, -0.05) is 29.8 Å². The van der Waals surface area contributed by atoms with Crippen molar-refractivity contribution in [3.05, 3.63) is 70.0 Å². The van der Waals surface area contributed by atoms with E-state index in [1.165, 1.54) is 12.1 Å². The highest BCUT2D eigenvalue weighted by Gasteiger charge is 2.34. The number of amides is 2. The first kappa shape index (κ1) is 12.8. The van der Waals surface area contributed by atoms with E-state index in [0.717, 1.165) is 4.90 Å². The Hall–Kier alpha value is -2.20. The second-order valence-electron chi connectivity index (χ2n) is 4.49. The third kappa shape index (κ3) is 1.98. The van der Waals surface area contributed by atoms with E-state index >= 15 is 0 Å². The minimum atomic E-state index is -0.569. The van der Waals surface area contributed by atoms with Crippen molar-refractivity contribution in [2.24, 2.45) is 0 Å². The van der Waals surface area contributed by atoms with Gasteiger partial charge in [-0.05, 0) is 29.8 Å². The van der Waals surface area contributed by atoms with Crippen LogP contribution < -0.4 is 0 Å². The molecule has 2 aromatic carbocycles.